The van der Waals surface area contributed by atoms with E-state index < -0.39 is 0 Å². The first-order valence-corrected chi connectivity index (χ1v) is 8.87. The molecule has 0 radical (unpaired) electrons. The molecule has 142 valence electrons. The van der Waals surface area contributed by atoms with E-state index in [9.17, 15) is 9.59 Å². The molecule has 2 aromatic rings. The minimum Gasteiger partial charge on any atom is -0.338 e. The lowest BCUT2D eigenvalue weighted by Gasteiger charge is -2.52. The highest BCUT2D eigenvalue weighted by molar-refractivity contribution is 5.90. The summed E-state index contributed by atoms with van der Waals surface area (Å²) in [6, 6.07) is 6.50. The third-order valence-electron chi connectivity index (χ3n) is 5.16. The lowest BCUT2D eigenvalue weighted by molar-refractivity contribution is 0.0244. The van der Waals surface area contributed by atoms with Crippen LogP contribution in [0.15, 0.2) is 49.1 Å². The number of carbonyl (C=O) groups is 2. The van der Waals surface area contributed by atoms with E-state index in [4.69, 9.17) is 0 Å². The number of amides is 4. The molecule has 1 aliphatic rings. The summed E-state index contributed by atoms with van der Waals surface area (Å²) in [4.78, 5) is 32.0. The highest BCUT2D eigenvalue weighted by Gasteiger charge is 2.48. The third kappa shape index (κ3) is 4.72. The first kappa shape index (κ1) is 18.6. The van der Waals surface area contributed by atoms with Crippen molar-refractivity contribution in [3.05, 3.63) is 49.1 Å². The molecule has 4 amide bonds. The molecule has 27 heavy (non-hydrogen) atoms. The summed E-state index contributed by atoms with van der Waals surface area (Å²) >= 11 is 0. The van der Waals surface area contributed by atoms with Crippen LogP contribution < -0.4 is 21.3 Å². The Morgan fingerprint density at radius 1 is 0.963 bits per heavy atom. The van der Waals surface area contributed by atoms with Crippen LogP contribution in [0.1, 0.15) is 20.3 Å². The maximum atomic E-state index is 12.2. The fraction of sp³-hybridized carbons (Fsp3) is 0.368. The van der Waals surface area contributed by atoms with Crippen LogP contribution in [-0.4, -0.2) is 34.6 Å². The standard InChI is InChI=1S/C19H24N6O2/c1-19(2)13(12-22-17(26)23-14-3-7-20-8-4-14)11-16(19)25-18(27)24-15-5-9-21-10-6-15/h3-10,13,16H,11-12H2,1-2H3,(H2,20,22,23,26)(H2,21,24,25,27). The molecular weight excluding hydrogens is 344 g/mol. The van der Waals surface area contributed by atoms with Crippen molar-refractivity contribution in [1.82, 2.24) is 20.6 Å². The van der Waals surface area contributed by atoms with E-state index in [1.165, 1.54) is 0 Å². The maximum absolute atomic E-state index is 12.2. The molecule has 1 aliphatic carbocycles. The number of aromatic nitrogens is 2. The molecule has 2 heterocycles. The predicted octanol–water partition coefficient (Wildman–Crippen LogP) is 2.83. The van der Waals surface area contributed by atoms with Gasteiger partial charge in [-0.2, -0.15) is 0 Å². The number of nitrogens with one attached hydrogen (secondary N) is 4. The van der Waals surface area contributed by atoms with Gasteiger partial charge in [0.05, 0.1) is 0 Å². The second-order valence-corrected chi connectivity index (χ2v) is 7.21. The van der Waals surface area contributed by atoms with Gasteiger partial charge in [-0.15, -0.1) is 0 Å². The van der Waals surface area contributed by atoms with Crippen molar-refractivity contribution in [3.8, 4) is 0 Å². The summed E-state index contributed by atoms with van der Waals surface area (Å²) in [5.74, 6) is 0.284. The van der Waals surface area contributed by atoms with Crippen LogP contribution in [0.3, 0.4) is 0 Å². The summed E-state index contributed by atoms with van der Waals surface area (Å²) in [7, 11) is 0. The molecule has 3 rings (SSSR count). The molecule has 0 bridgehead atoms. The monoisotopic (exact) mass is 368 g/mol. The highest BCUT2D eigenvalue weighted by Crippen LogP contribution is 2.45. The fourth-order valence-corrected chi connectivity index (χ4v) is 3.19. The zero-order valence-electron chi connectivity index (χ0n) is 15.4. The van der Waals surface area contributed by atoms with Crippen LogP contribution in [0.2, 0.25) is 0 Å². The smallest absolute Gasteiger partial charge is 0.319 e. The Balaban J connectivity index is 1.42. The summed E-state index contributed by atoms with van der Waals surface area (Å²) in [6.45, 7) is 4.75. The number of rotatable bonds is 5. The third-order valence-corrected chi connectivity index (χ3v) is 5.16. The van der Waals surface area contributed by atoms with Crippen molar-refractivity contribution >= 4 is 23.4 Å². The molecule has 4 N–H and O–H groups in total. The zero-order valence-corrected chi connectivity index (χ0v) is 15.4. The first-order chi connectivity index (χ1) is 12.9. The molecule has 0 spiro atoms. The fourth-order valence-electron chi connectivity index (χ4n) is 3.19. The van der Waals surface area contributed by atoms with E-state index >= 15 is 0 Å². The van der Waals surface area contributed by atoms with E-state index in [-0.39, 0.29) is 29.4 Å². The van der Waals surface area contributed by atoms with Gasteiger partial charge in [-0.1, -0.05) is 13.8 Å². The van der Waals surface area contributed by atoms with Crippen LogP contribution in [0.5, 0.6) is 0 Å². The number of hydrogen-bond donors (Lipinski definition) is 4. The quantitative estimate of drug-likeness (QED) is 0.651. The molecule has 0 saturated heterocycles. The second-order valence-electron chi connectivity index (χ2n) is 7.21. The highest BCUT2D eigenvalue weighted by atomic mass is 16.2. The van der Waals surface area contributed by atoms with Crippen LogP contribution in [0.4, 0.5) is 21.0 Å². The number of nitrogens with zero attached hydrogens (tertiary/aromatic N) is 2. The molecule has 8 heteroatoms. The Morgan fingerprint density at radius 2 is 1.48 bits per heavy atom. The number of urea groups is 2. The summed E-state index contributed by atoms with van der Waals surface area (Å²) in [6.07, 6.45) is 7.31. The molecular formula is C19H24N6O2. The van der Waals surface area contributed by atoms with Gasteiger partial charge in [-0.05, 0) is 42.0 Å². The molecule has 1 fully saturated rings. The van der Waals surface area contributed by atoms with Crippen molar-refractivity contribution in [2.24, 2.45) is 11.3 Å². The SMILES string of the molecule is CC1(C)C(CNC(=O)Nc2ccncc2)CC1NC(=O)Nc1ccncc1. The van der Waals surface area contributed by atoms with Crippen LogP contribution in [-0.2, 0) is 0 Å². The molecule has 2 atom stereocenters. The molecule has 0 aromatic carbocycles. The molecule has 8 nitrogen and oxygen atoms in total. The van der Waals surface area contributed by atoms with Crippen molar-refractivity contribution in [2.45, 2.75) is 26.3 Å². The Kier molecular flexibility index (Phi) is 5.54. The minimum absolute atomic E-state index is 0.0504. The lowest BCUT2D eigenvalue weighted by Crippen LogP contribution is -2.61. The van der Waals surface area contributed by atoms with Gasteiger partial charge in [0.25, 0.3) is 0 Å². The van der Waals surface area contributed by atoms with Crippen LogP contribution in [0.25, 0.3) is 0 Å². The Hall–Kier alpha value is -3.16. The van der Waals surface area contributed by atoms with Crippen molar-refractivity contribution < 1.29 is 9.59 Å². The topological polar surface area (TPSA) is 108 Å². The zero-order chi connectivity index (χ0) is 19.3. The van der Waals surface area contributed by atoms with E-state index in [1.807, 2.05) is 0 Å². The predicted molar refractivity (Wildman–Crippen MR) is 103 cm³/mol. The average molecular weight is 368 g/mol. The number of carbonyl (C=O) groups excluding carboxylic acids is 2. The maximum Gasteiger partial charge on any atom is 0.319 e. The number of hydrogen-bond acceptors (Lipinski definition) is 4. The normalized spacial score (nSPS) is 20.1. The lowest BCUT2D eigenvalue weighted by atomic mass is 9.58. The average Bonchev–Trinajstić information content (AvgIpc) is 2.65. The van der Waals surface area contributed by atoms with Gasteiger partial charge < -0.3 is 21.3 Å². The van der Waals surface area contributed by atoms with Crippen LogP contribution in [0, 0.1) is 11.3 Å². The molecule has 1 saturated carbocycles. The largest absolute Gasteiger partial charge is 0.338 e. The van der Waals surface area contributed by atoms with E-state index in [0.29, 0.717) is 17.9 Å². The second kappa shape index (κ2) is 8.03. The number of anilines is 2. The van der Waals surface area contributed by atoms with Crippen molar-refractivity contribution in [3.63, 3.8) is 0 Å². The van der Waals surface area contributed by atoms with Crippen molar-refractivity contribution in [2.75, 3.05) is 17.2 Å². The van der Waals surface area contributed by atoms with Gasteiger partial charge in [-0.25, -0.2) is 9.59 Å². The molecule has 2 unspecified atom stereocenters. The van der Waals surface area contributed by atoms with Gasteiger partial charge in [0.2, 0.25) is 0 Å². The Morgan fingerprint density at radius 3 is 2.00 bits per heavy atom. The van der Waals surface area contributed by atoms with Crippen LogP contribution >= 0.6 is 0 Å². The van der Waals surface area contributed by atoms with Gasteiger partial charge >= 0.3 is 12.1 Å². The minimum atomic E-state index is -0.246. The Bertz CT molecular complexity index is 781. The Labute approximate surface area is 158 Å². The molecule has 0 aliphatic heterocycles. The van der Waals surface area contributed by atoms with Gasteiger partial charge in [0.1, 0.15) is 0 Å². The van der Waals surface area contributed by atoms with E-state index in [0.717, 1.165) is 6.42 Å². The number of pyridine rings is 2. The molecule has 2 aromatic heterocycles. The van der Waals surface area contributed by atoms with Gasteiger partial charge in [0.15, 0.2) is 0 Å². The summed E-state index contributed by atoms with van der Waals surface area (Å²) < 4.78 is 0. The first-order valence-electron chi connectivity index (χ1n) is 8.87. The van der Waals surface area contributed by atoms with Gasteiger partial charge in [-0.3, -0.25) is 9.97 Å². The van der Waals surface area contributed by atoms with Crippen molar-refractivity contribution in [1.29, 1.82) is 0 Å². The summed E-state index contributed by atoms with van der Waals surface area (Å²) in [5.41, 5.74) is 1.29. The van der Waals surface area contributed by atoms with E-state index in [2.05, 4.69) is 45.1 Å². The van der Waals surface area contributed by atoms with Gasteiger partial charge in [0, 0.05) is 48.7 Å². The summed E-state index contributed by atoms with van der Waals surface area (Å²) in [5, 5.41) is 11.5. The van der Waals surface area contributed by atoms with E-state index in [1.54, 1.807) is 49.1 Å².